The van der Waals surface area contributed by atoms with Crippen molar-refractivity contribution in [3.05, 3.63) is 20.8 Å². The molecule has 0 amide bonds. The normalized spacial score (nSPS) is 18.4. The van der Waals surface area contributed by atoms with E-state index >= 15 is 0 Å². The Bertz CT molecular complexity index is 620. The Morgan fingerprint density at radius 3 is 2.71 bits per heavy atom. The second-order valence-electron chi connectivity index (χ2n) is 5.56. The van der Waals surface area contributed by atoms with Gasteiger partial charge in [-0.05, 0) is 19.3 Å². The number of anilines is 2. The third-order valence-electron chi connectivity index (χ3n) is 4.17. The van der Waals surface area contributed by atoms with Gasteiger partial charge in [0.25, 0.3) is 5.56 Å². The standard InChI is InChI=1S/C14H24N4O3/c1-3-4-7-18-12(15)11(13(20)16(2)14(18)21)17-8-5-6-10(17)9-19/h10,19H,3-9,15H2,1-2H3. The molecule has 1 unspecified atom stereocenters. The molecule has 118 valence electrons. The van der Waals surface area contributed by atoms with Crippen LogP contribution in [0.15, 0.2) is 9.59 Å². The fourth-order valence-electron chi connectivity index (χ4n) is 2.89. The molecule has 1 aromatic rings. The Kier molecular flexibility index (Phi) is 4.72. The van der Waals surface area contributed by atoms with E-state index in [9.17, 15) is 14.7 Å². The van der Waals surface area contributed by atoms with Crippen molar-refractivity contribution in [3.63, 3.8) is 0 Å². The zero-order chi connectivity index (χ0) is 15.6. The molecule has 1 aliphatic rings. The quantitative estimate of drug-likeness (QED) is 0.791. The van der Waals surface area contributed by atoms with Gasteiger partial charge < -0.3 is 15.7 Å². The highest BCUT2D eigenvalue weighted by atomic mass is 16.3. The predicted octanol–water partition coefficient (Wildman–Crippen LogP) is -0.110. The van der Waals surface area contributed by atoms with Crippen molar-refractivity contribution in [2.75, 3.05) is 23.8 Å². The molecule has 3 N–H and O–H groups in total. The highest BCUT2D eigenvalue weighted by molar-refractivity contribution is 5.63. The van der Waals surface area contributed by atoms with Crippen LogP contribution >= 0.6 is 0 Å². The van der Waals surface area contributed by atoms with Crippen molar-refractivity contribution >= 4 is 11.5 Å². The molecule has 0 saturated carbocycles. The largest absolute Gasteiger partial charge is 0.394 e. The number of hydrogen-bond donors (Lipinski definition) is 2. The maximum absolute atomic E-state index is 12.4. The van der Waals surface area contributed by atoms with Crippen molar-refractivity contribution in [1.82, 2.24) is 9.13 Å². The number of hydrogen-bond acceptors (Lipinski definition) is 5. The van der Waals surface area contributed by atoms with Gasteiger partial charge in [0.1, 0.15) is 11.5 Å². The Labute approximate surface area is 123 Å². The minimum absolute atomic E-state index is 0.0172. The topological polar surface area (TPSA) is 93.5 Å². The van der Waals surface area contributed by atoms with Gasteiger partial charge in [-0.25, -0.2) is 4.79 Å². The first kappa shape index (κ1) is 15.6. The number of rotatable bonds is 5. The highest BCUT2D eigenvalue weighted by Gasteiger charge is 2.29. The van der Waals surface area contributed by atoms with Gasteiger partial charge in [-0.2, -0.15) is 0 Å². The van der Waals surface area contributed by atoms with Gasteiger partial charge in [0, 0.05) is 20.1 Å². The zero-order valence-corrected chi connectivity index (χ0v) is 12.7. The van der Waals surface area contributed by atoms with Gasteiger partial charge in [0.05, 0.1) is 12.6 Å². The van der Waals surface area contributed by atoms with Crippen LogP contribution in [0.1, 0.15) is 32.6 Å². The summed E-state index contributed by atoms with van der Waals surface area (Å²) in [7, 11) is 1.47. The molecule has 1 atom stereocenters. The molecular weight excluding hydrogens is 272 g/mol. The molecule has 2 heterocycles. The van der Waals surface area contributed by atoms with Crippen molar-refractivity contribution in [1.29, 1.82) is 0 Å². The van der Waals surface area contributed by atoms with E-state index in [0.29, 0.717) is 18.8 Å². The van der Waals surface area contributed by atoms with Gasteiger partial charge >= 0.3 is 5.69 Å². The molecule has 0 aromatic carbocycles. The van der Waals surface area contributed by atoms with Gasteiger partial charge in [-0.1, -0.05) is 13.3 Å². The number of aliphatic hydroxyl groups is 1. The van der Waals surface area contributed by atoms with Crippen LogP contribution in [0.25, 0.3) is 0 Å². The van der Waals surface area contributed by atoms with E-state index in [1.165, 1.54) is 11.6 Å². The monoisotopic (exact) mass is 296 g/mol. The molecule has 1 aliphatic heterocycles. The SMILES string of the molecule is CCCCn1c(N)c(N2CCCC2CO)c(=O)n(C)c1=O. The number of nitrogen functional groups attached to an aromatic ring is 1. The highest BCUT2D eigenvalue weighted by Crippen LogP contribution is 2.26. The molecule has 0 aliphatic carbocycles. The molecule has 21 heavy (non-hydrogen) atoms. The Morgan fingerprint density at radius 1 is 1.38 bits per heavy atom. The van der Waals surface area contributed by atoms with E-state index in [1.807, 2.05) is 11.8 Å². The molecule has 1 aromatic heterocycles. The van der Waals surface area contributed by atoms with Gasteiger partial charge in [-0.15, -0.1) is 0 Å². The lowest BCUT2D eigenvalue weighted by Gasteiger charge is -2.27. The van der Waals surface area contributed by atoms with Crippen LogP contribution in [0.3, 0.4) is 0 Å². The molecule has 1 fully saturated rings. The van der Waals surface area contributed by atoms with Crippen LogP contribution in [0.4, 0.5) is 11.5 Å². The van der Waals surface area contributed by atoms with Crippen LogP contribution in [0.5, 0.6) is 0 Å². The summed E-state index contributed by atoms with van der Waals surface area (Å²) in [5, 5.41) is 9.45. The van der Waals surface area contributed by atoms with E-state index in [0.717, 1.165) is 30.3 Å². The maximum Gasteiger partial charge on any atom is 0.332 e. The van der Waals surface area contributed by atoms with Gasteiger partial charge in [0.15, 0.2) is 0 Å². The molecule has 7 heteroatoms. The average Bonchev–Trinajstić information content (AvgIpc) is 2.93. The Hall–Kier alpha value is -1.76. The van der Waals surface area contributed by atoms with Crippen LogP contribution < -0.4 is 21.9 Å². The molecule has 2 rings (SSSR count). The molecule has 1 saturated heterocycles. The van der Waals surface area contributed by atoms with E-state index < -0.39 is 0 Å². The molecule has 0 spiro atoms. The van der Waals surface area contributed by atoms with Crippen LogP contribution in [0, 0.1) is 0 Å². The summed E-state index contributed by atoms with van der Waals surface area (Å²) < 4.78 is 2.57. The van der Waals surface area contributed by atoms with E-state index in [4.69, 9.17) is 5.73 Å². The van der Waals surface area contributed by atoms with Crippen LogP contribution in [-0.4, -0.2) is 33.4 Å². The van der Waals surface area contributed by atoms with Crippen molar-refractivity contribution in [3.8, 4) is 0 Å². The summed E-state index contributed by atoms with van der Waals surface area (Å²) in [6.45, 7) is 3.19. The van der Waals surface area contributed by atoms with Crippen molar-refractivity contribution in [2.24, 2.45) is 7.05 Å². The van der Waals surface area contributed by atoms with Gasteiger partial charge in [-0.3, -0.25) is 13.9 Å². The van der Waals surface area contributed by atoms with E-state index in [1.54, 1.807) is 0 Å². The fraction of sp³-hybridized carbons (Fsp3) is 0.714. The Morgan fingerprint density at radius 2 is 2.10 bits per heavy atom. The first-order valence-corrected chi connectivity index (χ1v) is 7.49. The minimum atomic E-state index is -0.384. The summed E-state index contributed by atoms with van der Waals surface area (Å²) in [4.78, 5) is 26.5. The summed E-state index contributed by atoms with van der Waals surface area (Å²) >= 11 is 0. The number of nitrogens with zero attached hydrogens (tertiary/aromatic N) is 3. The van der Waals surface area contributed by atoms with E-state index in [-0.39, 0.29) is 29.7 Å². The first-order chi connectivity index (χ1) is 10.0. The first-order valence-electron chi connectivity index (χ1n) is 7.49. The third-order valence-corrected chi connectivity index (χ3v) is 4.17. The second-order valence-corrected chi connectivity index (χ2v) is 5.56. The zero-order valence-electron chi connectivity index (χ0n) is 12.7. The Balaban J connectivity index is 2.57. The molecule has 0 bridgehead atoms. The lowest BCUT2D eigenvalue weighted by atomic mass is 10.2. The molecule has 7 nitrogen and oxygen atoms in total. The van der Waals surface area contributed by atoms with Gasteiger partial charge in [0.2, 0.25) is 0 Å². The average molecular weight is 296 g/mol. The minimum Gasteiger partial charge on any atom is -0.394 e. The summed E-state index contributed by atoms with van der Waals surface area (Å²) in [6, 6.07) is -0.0999. The number of aliphatic hydroxyl groups excluding tert-OH is 1. The molecule has 0 radical (unpaired) electrons. The third kappa shape index (κ3) is 2.70. The smallest absolute Gasteiger partial charge is 0.332 e. The fourth-order valence-corrected chi connectivity index (χ4v) is 2.89. The summed E-state index contributed by atoms with van der Waals surface area (Å²) in [5.74, 6) is 0.219. The lowest BCUT2D eigenvalue weighted by molar-refractivity contribution is 0.266. The second kappa shape index (κ2) is 6.34. The van der Waals surface area contributed by atoms with Crippen molar-refractivity contribution in [2.45, 2.75) is 45.2 Å². The van der Waals surface area contributed by atoms with Crippen LogP contribution in [0.2, 0.25) is 0 Å². The van der Waals surface area contributed by atoms with Crippen molar-refractivity contribution < 1.29 is 5.11 Å². The molecular formula is C14H24N4O3. The number of nitrogens with two attached hydrogens (primary N) is 1. The van der Waals surface area contributed by atoms with Crippen LogP contribution in [-0.2, 0) is 13.6 Å². The maximum atomic E-state index is 12.4. The summed E-state index contributed by atoms with van der Waals surface area (Å²) in [6.07, 6.45) is 3.49. The summed E-state index contributed by atoms with van der Waals surface area (Å²) in [5.41, 5.74) is 5.71. The predicted molar refractivity (Wildman–Crippen MR) is 82.7 cm³/mol. The van der Waals surface area contributed by atoms with E-state index in [2.05, 4.69) is 0 Å². The number of unbranched alkanes of at least 4 members (excludes halogenated alkanes) is 1. The lowest BCUT2D eigenvalue weighted by Crippen LogP contribution is -2.45. The number of aromatic nitrogens is 2.